The van der Waals surface area contributed by atoms with Crippen molar-refractivity contribution < 1.29 is 9.59 Å². The Morgan fingerprint density at radius 2 is 1.62 bits per heavy atom. The number of hydrogen-bond donors (Lipinski definition) is 0. The van der Waals surface area contributed by atoms with Crippen LogP contribution in [0.15, 0.2) is 46.7 Å². The Bertz CT molecular complexity index is 952. The van der Waals surface area contributed by atoms with Crippen molar-refractivity contribution in [3.63, 3.8) is 0 Å². The van der Waals surface area contributed by atoms with Gasteiger partial charge in [0.1, 0.15) is 0 Å². The average molecular weight is 369 g/mol. The van der Waals surface area contributed by atoms with E-state index in [4.69, 9.17) is 11.6 Å². The van der Waals surface area contributed by atoms with Crippen molar-refractivity contribution in [1.82, 2.24) is 0 Å². The van der Waals surface area contributed by atoms with Crippen LogP contribution >= 0.6 is 11.6 Å². The van der Waals surface area contributed by atoms with Crippen LogP contribution in [0.4, 0.5) is 11.4 Å². The summed E-state index contributed by atoms with van der Waals surface area (Å²) in [5.74, 6) is -0.723. The van der Waals surface area contributed by atoms with Gasteiger partial charge in [-0.05, 0) is 61.7 Å². The highest BCUT2D eigenvalue weighted by molar-refractivity contribution is 6.32. The molecular weight excluding hydrogens is 352 g/mol. The molecule has 0 aromatic heterocycles. The van der Waals surface area contributed by atoms with Crippen LogP contribution in [0.3, 0.4) is 0 Å². The fraction of sp³-hybridized carbons (Fsp3) is 0.263. The van der Waals surface area contributed by atoms with Crippen molar-refractivity contribution in [2.75, 3.05) is 9.91 Å². The summed E-state index contributed by atoms with van der Waals surface area (Å²) in [5, 5.41) is 10.2. The van der Waals surface area contributed by atoms with Crippen molar-refractivity contribution in [3.8, 4) is 0 Å². The van der Waals surface area contributed by atoms with E-state index >= 15 is 0 Å². The zero-order valence-electron chi connectivity index (χ0n) is 14.6. The predicted molar refractivity (Wildman–Crippen MR) is 99.5 cm³/mol. The molecule has 0 aliphatic carbocycles. The minimum Gasteiger partial charge on any atom is -0.271 e. The van der Waals surface area contributed by atoms with E-state index in [1.807, 2.05) is 39.0 Å². The van der Waals surface area contributed by atoms with Gasteiger partial charge in [-0.15, -0.1) is 0 Å². The molecular formula is C19H17ClN4O2. The summed E-state index contributed by atoms with van der Waals surface area (Å²) < 4.78 is 0. The number of amides is 2. The summed E-state index contributed by atoms with van der Waals surface area (Å²) in [6.45, 7) is 5.82. The Morgan fingerprint density at radius 3 is 2.27 bits per heavy atom. The molecule has 2 aromatic rings. The van der Waals surface area contributed by atoms with Gasteiger partial charge in [0.05, 0.1) is 11.4 Å². The second-order valence-electron chi connectivity index (χ2n) is 6.73. The van der Waals surface area contributed by atoms with E-state index < -0.39 is 12.1 Å². The molecule has 6 nitrogen and oxygen atoms in total. The third-order valence-corrected chi connectivity index (χ3v) is 5.07. The summed E-state index contributed by atoms with van der Waals surface area (Å²) in [5.41, 5.74) is 4.20. The van der Waals surface area contributed by atoms with E-state index in [2.05, 4.69) is 10.3 Å². The molecule has 2 aliphatic rings. The Hall–Kier alpha value is -2.73. The minimum atomic E-state index is -0.830. The lowest BCUT2D eigenvalue weighted by molar-refractivity contribution is -0.121. The van der Waals surface area contributed by atoms with E-state index in [9.17, 15) is 9.59 Å². The normalized spacial score (nSPS) is 21.7. The maximum Gasteiger partial charge on any atom is 0.263 e. The summed E-state index contributed by atoms with van der Waals surface area (Å²) >= 11 is 6.17. The first kappa shape index (κ1) is 16.7. The Kier molecular flexibility index (Phi) is 3.80. The maximum absolute atomic E-state index is 13.0. The highest BCUT2D eigenvalue weighted by Crippen LogP contribution is 2.36. The summed E-state index contributed by atoms with van der Waals surface area (Å²) in [7, 11) is 0. The van der Waals surface area contributed by atoms with Gasteiger partial charge in [-0.25, -0.2) is 9.91 Å². The number of carbonyl (C=O) groups excluding carboxylic acids is 2. The van der Waals surface area contributed by atoms with Gasteiger partial charge in [0.2, 0.25) is 0 Å². The van der Waals surface area contributed by atoms with Crippen LogP contribution in [0.2, 0.25) is 5.02 Å². The molecule has 2 unspecified atom stereocenters. The fourth-order valence-corrected chi connectivity index (χ4v) is 3.61. The van der Waals surface area contributed by atoms with E-state index in [0.29, 0.717) is 10.7 Å². The Morgan fingerprint density at radius 1 is 0.923 bits per heavy atom. The number of aryl methyl sites for hydroxylation is 3. The first-order valence-corrected chi connectivity index (χ1v) is 8.67. The monoisotopic (exact) mass is 368 g/mol. The number of hydrogen-bond acceptors (Lipinski definition) is 5. The first-order chi connectivity index (χ1) is 12.4. The molecule has 2 aliphatic heterocycles. The van der Waals surface area contributed by atoms with Crippen LogP contribution in [-0.2, 0) is 9.59 Å². The number of imide groups is 1. The molecule has 2 atom stereocenters. The number of carbonyl (C=O) groups is 2. The molecule has 0 saturated carbocycles. The molecule has 0 bridgehead atoms. The molecule has 4 rings (SSSR count). The first-order valence-electron chi connectivity index (χ1n) is 8.29. The molecule has 2 heterocycles. The molecule has 132 valence electrons. The molecule has 0 N–H and O–H groups in total. The maximum atomic E-state index is 13.0. The summed E-state index contributed by atoms with van der Waals surface area (Å²) in [6, 6.07) is 9.44. The van der Waals surface area contributed by atoms with Crippen LogP contribution in [-0.4, -0.2) is 23.9 Å². The number of rotatable bonds is 2. The zero-order chi connectivity index (χ0) is 18.6. The third kappa shape index (κ3) is 2.49. The summed E-state index contributed by atoms with van der Waals surface area (Å²) in [4.78, 5) is 27.0. The van der Waals surface area contributed by atoms with E-state index in [1.54, 1.807) is 23.2 Å². The van der Waals surface area contributed by atoms with Gasteiger partial charge in [0, 0.05) is 5.02 Å². The van der Waals surface area contributed by atoms with Crippen LogP contribution in [0.25, 0.3) is 0 Å². The number of benzene rings is 2. The molecule has 0 radical (unpaired) electrons. The van der Waals surface area contributed by atoms with Crippen molar-refractivity contribution >= 4 is 34.8 Å². The molecule has 1 saturated heterocycles. The lowest BCUT2D eigenvalue weighted by atomic mass is 10.1. The van der Waals surface area contributed by atoms with Gasteiger partial charge in [0.25, 0.3) is 11.8 Å². The van der Waals surface area contributed by atoms with Gasteiger partial charge >= 0.3 is 0 Å². The predicted octanol–water partition coefficient (Wildman–Crippen LogP) is 3.76. The van der Waals surface area contributed by atoms with Crippen LogP contribution in [0, 0.1) is 20.8 Å². The molecule has 1 fully saturated rings. The van der Waals surface area contributed by atoms with Gasteiger partial charge < -0.3 is 0 Å². The number of halogens is 1. The van der Waals surface area contributed by atoms with E-state index in [-0.39, 0.29) is 11.8 Å². The van der Waals surface area contributed by atoms with Gasteiger partial charge in [0.15, 0.2) is 12.1 Å². The van der Waals surface area contributed by atoms with Crippen molar-refractivity contribution in [2.24, 2.45) is 10.3 Å². The SMILES string of the molecule is Cc1cc(C)cc(N2N=NC3C(=O)N(c4ccc(C)c(Cl)c4)C(=O)C32)c1. The molecule has 7 heteroatoms. The van der Waals surface area contributed by atoms with Crippen molar-refractivity contribution in [3.05, 3.63) is 58.1 Å². The minimum absolute atomic E-state index is 0.343. The average Bonchev–Trinajstić information content (AvgIpc) is 3.11. The third-order valence-electron chi connectivity index (χ3n) is 4.67. The highest BCUT2D eigenvalue weighted by atomic mass is 35.5. The Balaban J connectivity index is 1.72. The summed E-state index contributed by atoms with van der Waals surface area (Å²) in [6.07, 6.45) is 0. The molecule has 2 aromatic carbocycles. The lowest BCUT2D eigenvalue weighted by Crippen LogP contribution is -2.40. The van der Waals surface area contributed by atoms with Crippen LogP contribution < -0.4 is 9.91 Å². The lowest BCUT2D eigenvalue weighted by Gasteiger charge is -2.21. The Labute approximate surface area is 156 Å². The second-order valence-corrected chi connectivity index (χ2v) is 7.14. The quantitative estimate of drug-likeness (QED) is 0.758. The van der Waals surface area contributed by atoms with Crippen LogP contribution in [0.1, 0.15) is 16.7 Å². The number of fused-ring (bicyclic) bond motifs is 1. The molecule has 2 amide bonds. The van der Waals surface area contributed by atoms with Crippen LogP contribution in [0.5, 0.6) is 0 Å². The zero-order valence-corrected chi connectivity index (χ0v) is 15.4. The second kappa shape index (κ2) is 5.92. The van der Waals surface area contributed by atoms with Gasteiger partial charge in [-0.2, -0.15) is 5.11 Å². The van der Waals surface area contributed by atoms with E-state index in [0.717, 1.165) is 27.3 Å². The standard InChI is InChI=1S/C19H17ClN4O2/c1-10-6-11(2)8-14(7-10)24-17-16(21-22-24)18(25)23(19(17)26)13-5-4-12(3)15(20)9-13/h4-9,16-17H,1-3H3. The van der Waals surface area contributed by atoms with Crippen molar-refractivity contribution in [1.29, 1.82) is 0 Å². The molecule has 26 heavy (non-hydrogen) atoms. The highest BCUT2D eigenvalue weighted by Gasteiger charge is 2.55. The largest absolute Gasteiger partial charge is 0.271 e. The van der Waals surface area contributed by atoms with Gasteiger partial charge in [-0.3, -0.25) is 9.59 Å². The van der Waals surface area contributed by atoms with Crippen molar-refractivity contribution in [2.45, 2.75) is 32.9 Å². The van der Waals surface area contributed by atoms with E-state index in [1.165, 1.54) is 0 Å². The van der Waals surface area contributed by atoms with Gasteiger partial charge in [-0.1, -0.05) is 29.0 Å². The molecule has 0 spiro atoms. The topological polar surface area (TPSA) is 65.3 Å². The number of nitrogens with zero attached hydrogens (tertiary/aromatic N) is 4. The fourth-order valence-electron chi connectivity index (χ4n) is 3.43. The smallest absolute Gasteiger partial charge is 0.263 e. The number of anilines is 2.